The normalized spacial score (nSPS) is 39.7. The zero-order valence-corrected chi connectivity index (χ0v) is 14.9. The summed E-state index contributed by atoms with van der Waals surface area (Å²) in [6.45, 7) is 7.46. The van der Waals surface area contributed by atoms with Crippen LogP contribution in [0.15, 0.2) is 35.2 Å². The molecule has 0 N–H and O–H groups in total. The van der Waals surface area contributed by atoms with E-state index in [1.54, 1.807) is 11.8 Å². The fourth-order valence-corrected chi connectivity index (χ4v) is 4.81. The second-order valence-electron chi connectivity index (χ2n) is 7.09. The summed E-state index contributed by atoms with van der Waals surface area (Å²) in [6.07, 6.45) is 2.54. The molecule has 4 atom stereocenters. The molecule has 23 heavy (non-hydrogen) atoms. The molecule has 0 unspecified atom stereocenters. The second kappa shape index (κ2) is 5.80. The number of thioether (sulfide) groups is 1. The lowest BCUT2D eigenvalue weighted by molar-refractivity contribution is -0.458. The van der Waals surface area contributed by atoms with E-state index in [4.69, 9.17) is 14.5 Å². The van der Waals surface area contributed by atoms with E-state index in [2.05, 4.69) is 19.1 Å². The van der Waals surface area contributed by atoms with Gasteiger partial charge in [-0.15, -0.1) is 0 Å². The topological polar surface area (TPSA) is 44.8 Å². The molecule has 2 fully saturated rings. The summed E-state index contributed by atoms with van der Waals surface area (Å²) in [4.78, 5) is 23.9. The van der Waals surface area contributed by atoms with Crippen molar-refractivity contribution < 1.29 is 19.3 Å². The van der Waals surface area contributed by atoms with Gasteiger partial charge in [0.25, 0.3) is 0 Å². The Labute approximate surface area is 141 Å². The Bertz CT molecular complexity index is 592. The zero-order valence-electron chi connectivity index (χ0n) is 14.1. The average molecular weight is 336 g/mol. The molecule has 126 valence electrons. The predicted molar refractivity (Wildman–Crippen MR) is 88.8 cm³/mol. The third-order valence-electron chi connectivity index (χ3n) is 5.29. The van der Waals surface area contributed by atoms with Gasteiger partial charge < -0.3 is 4.74 Å². The van der Waals surface area contributed by atoms with Crippen LogP contribution in [0.5, 0.6) is 0 Å². The first kappa shape index (κ1) is 16.8. The summed E-state index contributed by atoms with van der Waals surface area (Å²) in [5.74, 6) is 0.0675. The maximum Gasteiger partial charge on any atom is 0.303 e. The van der Waals surface area contributed by atoms with E-state index >= 15 is 0 Å². The van der Waals surface area contributed by atoms with Gasteiger partial charge in [-0.25, -0.2) is 9.78 Å². The van der Waals surface area contributed by atoms with Crippen LogP contribution in [-0.2, 0) is 19.3 Å². The molecule has 2 bridgehead atoms. The molecule has 1 aliphatic heterocycles. The first-order chi connectivity index (χ1) is 10.8. The summed E-state index contributed by atoms with van der Waals surface area (Å²) in [5.41, 5.74) is -1.26. The monoisotopic (exact) mass is 336 g/mol. The van der Waals surface area contributed by atoms with Gasteiger partial charge in [-0.3, -0.25) is 4.79 Å². The average Bonchev–Trinajstić information content (AvgIpc) is 2.48. The highest BCUT2D eigenvalue weighted by Crippen LogP contribution is 2.56. The molecular formula is C18H24O4S. The predicted octanol–water partition coefficient (Wildman–Crippen LogP) is 4.34. The number of hydrogen-bond acceptors (Lipinski definition) is 5. The molecule has 4 nitrogen and oxygen atoms in total. The Morgan fingerprint density at radius 1 is 1.22 bits per heavy atom. The molecule has 1 aromatic carbocycles. The fourth-order valence-electron chi connectivity index (χ4n) is 3.61. The van der Waals surface area contributed by atoms with Crippen molar-refractivity contribution in [2.45, 2.75) is 68.0 Å². The fraction of sp³-hybridized carbons (Fsp3) is 0.611. The van der Waals surface area contributed by atoms with Gasteiger partial charge >= 0.3 is 5.97 Å². The molecule has 0 aromatic heterocycles. The maximum atomic E-state index is 11.5. The van der Waals surface area contributed by atoms with Crippen LogP contribution in [0.2, 0.25) is 0 Å². The molecule has 3 rings (SSSR count). The Hall–Kier alpha value is -1.04. The van der Waals surface area contributed by atoms with Crippen molar-refractivity contribution >= 4 is 17.7 Å². The Balaban J connectivity index is 1.79. The van der Waals surface area contributed by atoms with Crippen LogP contribution in [0.25, 0.3) is 0 Å². The highest BCUT2D eigenvalue weighted by Gasteiger charge is 2.61. The van der Waals surface area contributed by atoms with Gasteiger partial charge in [0.2, 0.25) is 0 Å². The van der Waals surface area contributed by atoms with E-state index in [1.165, 1.54) is 6.92 Å². The molecule has 1 saturated heterocycles. The SMILES string of the molecule is CC(=O)O[C@@]1(C)CC[C@H]2C[C@]1(C)OO[C@@]2(C)Sc1ccccc1. The Morgan fingerprint density at radius 2 is 1.91 bits per heavy atom. The molecule has 0 amide bonds. The molecule has 5 heteroatoms. The summed E-state index contributed by atoms with van der Waals surface area (Å²) in [7, 11) is 0. The van der Waals surface area contributed by atoms with E-state index in [0.29, 0.717) is 5.92 Å². The van der Waals surface area contributed by atoms with E-state index in [1.807, 2.05) is 32.0 Å². The largest absolute Gasteiger partial charge is 0.456 e. The third kappa shape index (κ3) is 3.02. The van der Waals surface area contributed by atoms with Crippen molar-refractivity contribution in [2.75, 3.05) is 0 Å². The molecule has 1 aliphatic carbocycles. The molecule has 0 radical (unpaired) electrons. The van der Waals surface area contributed by atoms with Gasteiger partial charge in [0.1, 0.15) is 11.2 Å². The minimum absolute atomic E-state index is 0.275. The molecule has 0 spiro atoms. The van der Waals surface area contributed by atoms with Crippen LogP contribution in [0, 0.1) is 5.92 Å². The Kier molecular flexibility index (Phi) is 4.23. The third-order valence-corrected chi connectivity index (χ3v) is 6.60. The van der Waals surface area contributed by atoms with Crippen molar-refractivity contribution in [3.05, 3.63) is 30.3 Å². The van der Waals surface area contributed by atoms with E-state index in [9.17, 15) is 4.79 Å². The van der Waals surface area contributed by atoms with Gasteiger partial charge in [0.15, 0.2) is 4.93 Å². The number of carbonyl (C=O) groups is 1. The van der Waals surface area contributed by atoms with Crippen LogP contribution in [0.3, 0.4) is 0 Å². The van der Waals surface area contributed by atoms with Crippen LogP contribution >= 0.6 is 11.8 Å². The highest BCUT2D eigenvalue weighted by molar-refractivity contribution is 8.00. The van der Waals surface area contributed by atoms with Crippen LogP contribution in [0.1, 0.15) is 47.0 Å². The van der Waals surface area contributed by atoms with Gasteiger partial charge in [-0.05, 0) is 52.2 Å². The quantitative estimate of drug-likeness (QED) is 0.607. The molecule has 1 aromatic rings. The molecular weight excluding hydrogens is 312 g/mol. The second-order valence-corrected chi connectivity index (χ2v) is 8.58. The van der Waals surface area contributed by atoms with Crippen LogP contribution in [-0.4, -0.2) is 22.1 Å². The van der Waals surface area contributed by atoms with E-state index in [-0.39, 0.29) is 5.97 Å². The van der Waals surface area contributed by atoms with Crippen LogP contribution in [0.4, 0.5) is 0 Å². The molecule has 1 saturated carbocycles. The number of esters is 1. The van der Waals surface area contributed by atoms with Crippen molar-refractivity contribution in [2.24, 2.45) is 5.92 Å². The van der Waals surface area contributed by atoms with Gasteiger partial charge in [-0.2, -0.15) is 0 Å². The standard InChI is InChI=1S/C18H24O4S/c1-13(19)20-16(2)11-10-14-12-17(16,3)21-22-18(14,4)23-15-8-6-5-7-9-15/h5-9,14H,10-12H2,1-4H3/t14-,16-,17-,18-/m0/s1. The number of ether oxygens (including phenoxy) is 1. The summed E-state index contributed by atoms with van der Waals surface area (Å²) >= 11 is 1.69. The zero-order chi connectivity index (χ0) is 16.7. The lowest BCUT2D eigenvalue weighted by Crippen LogP contribution is -2.64. The molecule has 2 aliphatic rings. The van der Waals surface area contributed by atoms with Gasteiger partial charge in [0.05, 0.1) is 0 Å². The first-order valence-corrected chi connectivity index (χ1v) is 8.88. The van der Waals surface area contributed by atoms with Crippen molar-refractivity contribution in [1.29, 1.82) is 0 Å². The van der Waals surface area contributed by atoms with E-state index < -0.39 is 16.1 Å². The highest BCUT2D eigenvalue weighted by atomic mass is 32.2. The maximum absolute atomic E-state index is 11.5. The summed E-state index contributed by atoms with van der Waals surface area (Å²) in [6, 6.07) is 10.2. The lowest BCUT2D eigenvalue weighted by Gasteiger charge is -2.56. The number of rotatable bonds is 3. The minimum Gasteiger partial charge on any atom is -0.456 e. The van der Waals surface area contributed by atoms with E-state index in [0.717, 1.165) is 24.2 Å². The number of benzene rings is 1. The van der Waals surface area contributed by atoms with Crippen molar-refractivity contribution in [3.8, 4) is 0 Å². The Morgan fingerprint density at radius 3 is 2.57 bits per heavy atom. The number of fused-ring (bicyclic) bond motifs is 2. The number of hydrogen-bond donors (Lipinski definition) is 0. The minimum atomic E-state index is -0.645. The van der Waals surface area contributed by atoms with Crippen molar-refractivity contribution in [3.63, 3.8) is 0 Å². The summed E-state index contributed by atoms with van der Waals surface area (Å²) in [5, 5.41) is 0. The van der Waals surface area contributed by atoms with Crippen molar-refractivity contribution in [1.82, 2.24) is 0 Å². The van der Waals surface area contributed by atoms with Gasteiger partial charge in [0, 0.05) is 17.7 Å². The lowest BCUT2D eigenvalue weighted by atomic mass is 9.67. The van der Waals surface area contributed by atoms with Gasteiger partial charge in [-0.1, -0.05) is 30.0 Å². The smallest absolute Gasteiger partial charge is 0.303 e. The summed E-state index contributed by atoms with van der Waals surface area (Å²) < 4.78 is 5.60. The van der Waals surface area contributed by atoms with Crippen LogP contribution < -0.4 is 0 Å². The molecule has 1 heterocycles. The number of carbonyl (C=O) groups excluding carboxylic acids is 1. The first-order valence-electron chi connectivity index (χ1n) is 8.07.